The van der Waals surface area contributed by atoms with Crippen LogP contribution in [-0.2, 0) is 14.8 Å². The number of halogens is 3. The highest BCUT2D eigenvalue weighted by Gasteiger charge is 2.13. The van der Waals surface area contributed by atoms with E-state index in [1.165, 1.54) is 18.3 Å². The Labute approximate surface area is 108 Å². The molecule has 1 N–H and O–H groups in total. The summed E-state index contributed by atoms with van der Waals surface area (Å²) in [4.78, 5) is 3.60. The fourth-order valence-corrected chi connectivity index (χ4v) is 2.32. The molecule has 0 bridgehead atoms. The second kappa shape index (κ2) is 6.93. The average Bonchev–Trinajstić information content (AvgIpc) is 2.28. The van der Waals surface area contributed by atoms with Crippen molar-refractivity contribution < 1.29 is 21.9 Å². The first-order valence-electron chi connectivity index (χ1n) is 4.89. The molecule has 0 aromatic carbocycles. The standard InChI is InChI=1S/C9H11ClF2N2O3S/c10-8-5-7(1-2-13-8)18(15,16)14-3-4-17-6-9(11)12/h1-2,5,9,14H,3-4,6H2. The van der Waals surface area contributed by atoms with Gasteiger partial charge in [-0.3, -0.25) is 0 Å². The first kappa shape index (κ1) is 15.2. The molecule has 0 fully saturated rings. The van der Waals surface area contributed by atoms with Crippen molar-refractivity contribution in [3.63, 3.8) is 0 Å². The third-order valence-corrected chi connectivity index (χ3v) is 3.46. The van der Waals surface area contributed by atoms with Crippen LogP contribution in [0, 0.1) is 0 Å². The highest BCUT2D eigenvalue weighted by Crippen LogP contribution is 2.12. The average molecular weight is 301 g/mol. The van der Waals surface area contributed by atoms with E-state index in [1.54, 1.807) is 0 Å². The molecule has 0 atom stereocenters. The first-order chi connectivity index (χ1) is 8.42. The second-order valence-corrected chi connectivity index (χ2v) is 5.33. The van der Waals surface area contributed by atoms with Crippen molar-refractivity contribution in [3.05, 3.63) is 23.5 Å². The number of alkyl halides is 2. The molecule has 0 saturated carbocycles. The normalized spacial score (nSPS) is 12.0. The van der Waals surface area contributed by atoms with Crippen molar-refractivity contribution in [1.29, 1.82) is 0 Å². The maximum Gasteiger partial charge on any atom is 0.261 e. The minimum atomic E-state index is -3.73. The van der Waals surface area contributed by atoms with Crippen LogP contribution in [0.2, 0.25) is 5.15 Å². The zero-order valence-electron chi connectivity index (χ0n) is 9.14. The summed E-state index contributed by atoms with van der Waals surface area (Å²) in [5.74, 6) is 0. The summed E-state index contributed by atoms with van der Waals surface area (Å²) in [6.07, 6.45) is -1.31. The molecule has 0 aliphatic carbocycles. The maximum atomic E-state index is 11.7. The summed E-state index contributed by atoms with van der Waals surface area (Å²) >= 11 is 5.56. The quantitative estimate of drug-likeness (QED) is 0.609. The molecular weight excluding hydrogens is 290 g/mol. The third kappa shape index (κ3) is 5.21. The Bertz CT molecular complexity index is 484. The van der Waals surface area contributed by atoms with Crippen LogP contribution in [0.25, 0.3) is 0 Å². The lowest BCUT2D eigenvalue weighted by Crippen LogP contribution is -2.28. The smallest absolute Gasteiger partial charge is 0.261 e. The van der Waals surface area contributed by atoms with Crippen LogP contribution in [-0.4, -0.2) is 39.6 Å². The van der Waals surface area contributed by atoms with Gasteiger partial charge in [0.2, 0.25) is 10.0 Å². The largest absolute Gasteiger partial charge is 0.374 e. The van der Waals surface area contributed by atoms with E-state index in [9.17, 15) is 17.2 Å². The van der Waals surface area contributed by atoms with Crippen molar-refractivity contribution in [2.45, 2.75) is 11.3 Å². The molecule has 0 amide bonds. The Kier molecular flexibility index (Phi) is 5.86. The Morgan fingerprint density at radius 2 is 2.22 bits per heavy atom. The predicted octanol–water partition coefficient (Wildman–Crippen LogP) is 1.29. The zero-order valence-corrected chi connectivity index (χ0v) is 10.7. The molecular formula is C9H11ClF2N2O3S. The van der Waals surface area contributed by atoms with Crippen molar-refractivity contribution in [2.75, 3.05) is 19.8 Å². The summed E-state index contributed by atoms with van der Waals surface area (Å²) in [5, 5.41) is 0.0480. The number of aromatic nitrogens is 1. The van der Waals surface area contributed by atoms with Crippen molar-refractivity contribution in [1.82, 2.24) is 9.71 Å². The number of ether oxygens (including phenoxy) is 1. The van der Waals surface area contributed by atoms with Gasteiger partial charge in [0.25, 0.3) is 6.43 Å². The molecule has 5 nitrogen and oxygen atoms in total. The van der Waals surface area contributed by atoms with Crippen LogP contribution in [0.5, 0.6) is 0 Å². The number of rotatable bonds is 7. The van der Waals surface area contributed by atoms with E-state index in [1.807, 2.05) is 0 Å². The van der Waals surface area contributed by atoms with Gasteiger partial charge in [-0.1, -0.05) is 11.6 Å². The Morgan fingerprint density at radius 3 is 2.83 bits per heavy atom. The van der Waals surface area contributed by atoms with Crippen LogP contribution in [0.3, 0.4) is 0 Å². The lowest BCUT2D eigenvalue weighted by molar-refractivity contribution is 0.0199. The van der Waals surface area contributed by atoms with Gasteiger partial charge in [-0.15, -0.1) is 0 Å². The van der Waals surface area contributed by atoms with E-state index < -0.39 is 23.1 Å². The molecule has 1 aromatic heterocycles. The SMILES string of the molecule is O=S(=O)(NCCOCC(F)F)c1ccnc(Cl)c1. The van der Waals surface area contributed by atoms with Gasteiger partial charge in [-0.05, 0) is 12.1 Å². The minimum Gasteiger partial charge on any atom is -0.374 e. The van der Waals surface area contributed by atoms with Gasteiger partial charge in [0.1, 0.15) is 11.8 Å². The molecule has 1 heterocycles. The van der Waals surface area contributed by atoms with E-state index >= 15 is 0 Å². The topological polar surface area (TPSA) is 68.3 Å². The zero-order chi connectivity index (χ0) is 13.6. The maximum absolute atomic E-state index is 11.7. The van der Waals surface area contributed by atoms with Gasteiger partial charge in [0.15, 0.2) is 0 Å². The highest BCUT2D eigenvalue weighted by atomic mass is 35.5. The second-order valence-electron chi connectivity index (χ2n) is 3.18. The summed E-state index contributed by atoms with van der Waals surface area (Å²) in [6.45, 7) is -0.958. The van der Waals surface area contributed by atoms with E-state index in [-0.39, 0.29) is 23.2 Å². The number of nitrogens with zero attached hydrogens (tertiary/aromatic N) is 1. The molecule has 102 valence electrons. The van der Waals surface area contributed by atoms with Crippen molar-refractivity contribution in [2.24, 2.45) is 0 Å². The van der Waals surface area contributed by atoms with E-state index in [0.717, 1.165) is 0 Å². The van der Waals surface area contributed by atoms with E-state index in [0.29, 0.717) is 0 Å². The molecule has 0 saturated heterocycles. The molecule has 0 aliphatic rings. The third-order valence-electron chi connectivity index (χ3n) is 1.79. The summed E-state index contributed by atoms with van der Waals surface area (Å²) in [5.41, 5.74) is 0. The van der Waals surface area contributed by atoms with Crippen LogP contribution in [0.1, 0.15) is 0 Å². The van der Waals surface area contributed by atoms with Crippen LogP contribution < -0.4 is 4.72 Å². The van der Waals surface area contributed by atoms with Gasteiger partial charge >= 0.3 is 0 Å². The molecule has 0 unspecified atom stereocenters. The summed E-state index contributed by atoms with van der Waals surface area (Å²) in [7, 11) is -3.73. The molecule has 18 heavy (non-hydrogen) atoms. The predicted molar refractivity (Wildman–Crippen MR) is 61.3 cm³/mol. The van der Waals surface area contributed by atoms with Crippen LogP contribution >= 0.6 is 11.6 Å². The Hall–Kier alpha value is -0.830. The van der Waals surface area contributed by atoms with Crippen molar-refractivity contribution >= 4 is 21.6 Å². The first-order valence-corrected chi connectivity index (χ1v) is 6.75. The van der Waals surface area contributed by atoms with Crippen LogP contribution in [0.4, 0.5) is 8.78 Å². The number of hydrogen-bond acceptors (Lipinski definition) is 4. The number of sulfonamides is 1. The highest BCUT2D eigenvalue weighted by molar-refractivity contribution is 7.89. The van der Waals surface area contributed by atoms with Gasteiger partial charge in [0, 0.05) is 12.7 Å². The fourth-order valence-electron chi connectivity index (χ4n) is 1.06. The minimum absolute atomic E-state index is 0.0450. The van der Waals surface area contributed by atoms with Gasteiger partial charge in [0.05, 0.1) is 11.5 Å². The molecule has 1 rings (SSSR count). The Balaban J connectivity index is 2.46. The summed E-state index contributed by atoms with van der Waals surface area (Å²) in [6, 6.07) is 2.46. The molecule has 9 heteroatoms. The molecule has 0 aliphatic heterocycles. The number of nitrogens with one attached hydrogen (secondary N) is 1. The van der Waals surface area contributed by atoms with E-state index in [4.69, 9.17) is 11.6 Å². The number of hydrogen-bond donors (Lipinski definition) is 1. The molecule has 0 spiro atoms. The fraction of sp³-hybridized carbons (Fsp3) is 0.444. The van der Waals surface area contributed by atoms with Gasteiger partial charge < -0.3 is 4.74 Å². The summed E-state index contributed by atoms with van der Waals surface area (Å²) < 4.78 is 53.5. The lowest BCUT2D eigenvalue weighted by Gasteiger charge is -2.07. The van der Waals surface area contributed by atoms with Crippen molar-refractivity contribution in [3.8, 4) is 0 Å². The van der Waals surface area contributed by atoms with Crippen LogP contribution in [0.15, 0.2) is 23.2 Å². The molecule has 0 radical (unpaired) electrons. The van der Waals surface area contributed by atoms with Gasteiger partial charge in [-0.25, -0.2) is 26.9 Å². The molecule has 1 aromatic rings. The Morgan fingerprint density at radius 1 is 1.50 bits per heavy atom. The van der Waals surface area contributed by atoms with E-state index in [2.05, 4.69) is 14.4 Å². The number of pyridine rings is 1. The lowest BCUT2D eigenvalue weighted by atomic mass is 10.5. The monoisotopic (exact) mass is 300 g/mol. The van der Waals surface area contributed by atoms with Gasteiger partial charge in [-0.2, -0.15) is 0 Å².